The number of nitrogens with one attached hydrogen (secondary N) is 1. The maximum Gasteiger partial charge on any atom is 0.257 e. The molecule has 0 atom stereocenters. The van der Waals surface area contributed by atoms with Crippen molar-refractivity contribution in [3.05, 3.63) is 46.4 Å². The Bertz CT molecular complexity index is 1030. The number of amides is 1. The highest BCUT2D eigenvalue weighted by Gasteiger charge is 2.21. The first-order valence-corrected chi connectivity index (χ1v) is 8.22. The van der Waals surface area contributed by atoms with E-state index in [0.29, 0.717) is 46.1 Å². The molecule has 3 heterocycles. The first-order valence-electron chi connectivity index (χ1n) is 8.22. The summed E-state index contributed by atoms with van der Waals surface area (Å²) in [5.74, 6) is -0.0475. The predicted octanol–water partition coefficient (Wildman–Crippen LogP) is 1.05. The number of piperazine rings is 1. The highest BCUT2D eigenvalue weighted by Crippen LogP contribution is 2.26. The van der Waals surface area contributed by atoms with E-state index in [2.05, 4.69) is 14.9 Å². The van der Waals surface area contributed by atoms with E-state index >= 15 is 0 Å². The highest BCUT2D eigenvalue weighted by molar-refractivity contribution is 6.11. The molecule has 25 heavy (non-hydrogen) atoms. The van der Waals surface area contributed by atoms with Gasteiger partial charge >= 0.3 is 0 Å². The van der Waals surface area contributed by atoms with Crippen LogP contribution in [0.3, 0.4) is 0 Å². The molecule has 1 saturated heterocycles. The molecule has 7 nitrogen and oxygen atoms in total. The summed E-state index contributed by atoms with van der Waals surface area (Å²) in [5, 5.41) is 1.86. The zero-order chi connectivity index (χ0) is 17.6. The van der Waals surface area contributed by atoms with Crippen LogP contribution in [0.2, 0.25) is 0 Å². The lowest BCUT2D eigenvalue weighted by atomic mass is 10.0. The smallest absolute Gasteiger partial charge is 0.257 e. The predicted molar refractivity (Wildman–Crippen MR) is 97.7 cm³/mol. The summed E-state index contributed by atoms with van der Waals surface area (Å²) in [6.07, 6.45) is 1.56. The number of nitrogens with two attached hydrogens (primary N) is 1. The second kappa shape index (κ2) is 5.86. The number of carbonyl (C=O) groups is 1. The Labute approximate surface area is 144 Å². The Morgan fingerprint density at radius 2 is 1.92 bits per heavy atom. The molecule has 2 aromatic heterocycles. The molecule has 0 unspecified atom stereocenters. The highest BCUT2D eigenvalue weighted by atomic mass is 16.2. The third kappa shape index (κ3) is 2.62. The molecule has 0 spiro atoms. The van der Waals surface area contributed by atoms with Crippen molar-refractivity contribution in [1.82, 2.24) is 19.8 Å². The second-order valence-corrected chi connectivity index (χ2v) is 6.43. The minimum Gasteiger partial charge on any atom is -0.398 e. The largest absolute Gasteiger partial charge is 0.398 e. The first-order chi connectivity index (χ1) is 12.0. The van der Waals surface area contributed by atoms with E-state index in [1.165, 1.54) is 0 Å². The standard InChI is InChI=1S/C18H19N5O2/c1-22-6-8-23(9-7-22)18(25)11-2-3-12-13(10-11)17(24)21-16-15(12)14(19)4-5-20-16/h2-5,10H,6-9H2,1H3,(H3,19,20,21,24). The number of aromatic amines is 1. The average Bonchev–Trinajstić information content (AvgIpc) is 2.61. The fourth-order valence-electron chi connectivity index (χ4n) is 3.30. The quantitative estimate of drug-likeness (QED) is 0.647. The Kier molecular flexibility index (Phi) is 3.65. The number of benzene rings is 1. The van der Waals surface area contributed by atoms with Crippen molar-refractivity contribution >= 4 is 33.4 Å². The summed E-state index contributed by atoms with van der Waals surface area (Å²) in [7, 11) is 2.04. The maximum absolute atomic E-state index is 12.8. The lowest BCUT2D eigenvalue weighted by molar-refractivity contribution is 0.0664. The van der Waals surface area contributed by atoms with Gasteiger partial charge in [-0.3, -0.25) is 9.59 Å². The van der Waals surface area contributed by atoms with Gasteiger partial charge in [0.15, 0.2) is 0 Å². The van der Waals surface area contributed by atoms with Gasteiger partial charge in [0.05, 0.1) is 0 Å². The van der Waals surface area contributed by atoms with Crippen molar-refractivity contribution in [1.29, 1.82) is 0 Å². The van der Waals surface area contributed by atoms with E-state index in [4.69, 9.17) is 5.73 Å². The number of fused-ring (bicyclic) bond motifs is 3. The topological polar surface area (TPSA) is 95.3 Å². The van der Waals surface area contributed by atoms with Gasteiger partial charge in [-0.05, 0) is 25.2 Å². The minimum absolute atomic E-state index is 0.0475. The number of H-pyrrole nitrogens is 1. The van der Waals surface area contributed by atoms with Crippen LogP contribution in [0, 0.1) is 0 Å². The molecule has 7 heteroatoms. The number of aromatic nitrogens is 2. The van der Waals surface area contributed by atoms with Crippen LogP contribution in [0.4, 0.5) is 5.69 Å². The van der Waals surface area contributed by atoms with Gasteiger partial charge in [0.25, 0.3) is 11.5 Å². The van der Waals surface area contributed by atoms with Crippen LogP contribution in [-0.4, -0.2) is 58.9 Å². The van der Waals surface area contributed by atoms with Crippen LogP contribution >= 0.6 is 0 Å². The van der Waals surface area contributed by atoms with Crippen LogP contribution < -0.4 is 11.3 Å². The number of hydrogen-bond donors (Lipinski definition) is 2. The van der Waals surface area contributed by atoms with Gasteiger partial charge in [0, 0.05) is 59.8 Å². The molecule has 1 amide bonds. The third-order valence-electron chi connectivity index (χ3n) is 4.79. The zero-order valence-corrected chi connectivity index (χ0v) is 14.0. The van der Waals surface area contributed by atoms with Crippen LogP contribution in [0.1, 0.15) is 10.4 Å². The molecule has 0 saturated carbocycles. The van der Waals surface area contributed by atoms with Gasteiger partial charge < -0.3 is 20.5 Å². The fourth-order valence-corrected chi connectivity index (χ4v) is 3.30. The van der Waals surface area contributed by atoms with Crippen molar-refractivity contribution in [3.8, 4) is 0 Å². The number of hydrogen-bond acceptors (Lipinski definition) is 5. The van der Waals surface area contributed by atoms with E-state index in [1.54, 1.807) is 30.5 Å². The van der Waals surface area contributed by atoms with Crippen molar-refractivity contribution in [2.75, 3.05) is 39.0 Å². The van der Waals surface area contributed by atoms with Crippen LogP contribution in [0.5, 0.6) is 0 Å². The van der Waals surface area contributed by atoms with Gasteiger partial charge in [-0.1, -0.05) is 6.07 Å². The fraction of sp³-hybridized carbons (Fsp3) is 0.278. The molecule has 3 aromatic rings. The van der Waals surface area contributed by atoms with Crippen molar-refractivity contribution in [2.24, 2.45) is 0 Å². The van der Waals surface area contributed by atoms with E-state index in [1.807, 2.05) is 11.9 Å². The first kappa shape index (κ1) is 15.6. The Balaban J connectivity index is 1.82. The number of carbonyl (C=O) groups excluding carboxylic acids is 1. The van der Waals surface area contributed by atoms with E-state index in [-0.39, 0.29) is 11.5 Å². The molecular formula is C18H19N5O2. The Morgan fingerprint density at radius 1 is 1.16 bits per heavy atom. The number of nitrogens with zero attached hydrogens (tertiary/aromatic N) is 3. The van der Waals surface area contributed by atoms with E-state index in [9.17, 15) is 9.59 Å². The van der Waals surface area contributed by atoms with Crippen LogP contribution in [0.25, 0.3) is 21.8 Å². The van der Waals surface area contributed by atoms with E-state index < -0.39 is 0 Å². The summed E-state index contributed by atoms with van der Waals surface area (Å²) < 4.78 is 0. The number of anilines is 1. The average molecular weight is 337 g/mol. The summed E-state index contributed by atoms with van der Waals surface area (Å²) in [6.45, 7) is 3.09. The maximum atomic E-state index is 12.8. The summed E-state index contributed by atoms with van der Waals surface area (Å²) in [4.78, 5) is 36.1. The molecule has 1 aromatic carbocycles. The van der Waals surface area contributed by atoms with Crippen molar-refractivity contribution in [2.45, 2.75) is 0 Å². The number of nitrogen functional groups attached to an aromatic ring is 1. The Hall–Kier alpha value is -2.93. The normalized spacial score (nSPS) is 15.8. The summed E-state index contributed by atoms with van der Waals surface area (Å²) in [5.41, 5.74) is 7.31. The molecular weight excluding hydrogens is 318 g/mol. The number of pyridine rings is 2. The van der Waals surface area contributed by atoms with Gasteiger partial charge in [-0.2, -0.15) is 0 Å². The second-order valence-electron chi connectivity index (χ2n) is 6.43. The molecule has 3 N–H and O–H groups in total. The molecule has 128 valence electrons. The molecule has 0 bridgehead atoms. The summed E-state index contributed by atoms with van der Waals surface area (Å²) >= 11 is 0. The molecule has 4 rings (SSSR count). The molecule has 1 aliphatic rings. The molecule has 1 aliphatic heterocycles. The molecule has 0 aliphatic carbocycles. The van der Waals surface area contributed by atoms with Gasteiger partial charge in [-0.25, -0.2) is 4.98 Å². The van der Waals surface area contributed by atoms with Crippen LogP contribution in [0.15, 0.2) is 35.3 Å². The summed E-state index contributed by atoms with van der Waals surface area (Å²) in [6, 6.07) is 6.90. The van der Waals surface area contributed by atoms with Crippen molar-refractivity contribution < 1.29 is 4.79 Å². The Morgan fingerprint density at radius 3 is 2.68 bits per heavy atom. The monoisotopic (exact) mass is 337 g/mol. The van der Waals surface area contributed by atoms with Gasteiger partial charge in [-0.15, -0.1) is 0 Å². The lowest BCUT2D eigenvalue weighted by Gasteiger charge is -2.32. The van der Waals surface area contributed by atoms with Crippen molar-refractivity contribution in [3.63, 3.8) is 0 Å². The zero-order valence-electron chi connectivity index (χ0n) is 14.0. The SMILES string of the molecule is CN1CCN(C(=O)c2ccc3c(c2)c(=O)[nH]c2nccc(N)c23)CC1. The van der Waals surface area contributed by atoms with E-state index in [0.717, 1.165) is 13.1 Å². The minimum atomic E-state index is -0.270. The lowest BCUT2D eigenvalue weighted by Crippen LogP contribution is -2.47. The number of rotatable bonds is 1. The molecule has 1 fully saturated rings. The van der Waals surface area contributed by atoms with Gasteiger partial charge in [0.2, 0.25) is 0 Å². The molecule has 0 radical (unpaired) electrons. The van der Waals surface area contributed by atoms with Crippen LogP contribution in [-0.2, 0) is 0 Å². The van der Waals surface area contributed by atoms with Gasteiger partial charge in [0.1, 0.15) is 5.65 Å². The third-order valence-corrected chi connectivity index (χ3v) is 4.79. The number of likely N-dealkylation sites (N-methyl/N-ethyl adjacent to an activating group) is 1.